The van der Waals surface area contributed by atoms with Gasteiger partial charge in [-0.15, -0.1) is 0 Å². The van der Waals surface area contributed by atoms with E-state index >= 15 is 0 Å². The average molecular weight is 373 g/mol. The predicted molar refractivity (Wildman–Crippen MR) is 96.1 cm³/mol. The van der Waals surface area contributed by atoms with Gasteiger partial charge in [0.2, 0.25) is 18.6 Å². The second-order valence-corrected chi connectivity index (χ2v) is 6.79. The number of ether oxygens (including phenoxy) is 2. The second-order valence-electron chi connectivity index (χ2n) is 6.35. The standard InChI is InChI=1S/C19H17ClN2O4/c20-12-2-1-3-13(7-12)22-19(24)15-8-14(15)18(23)21-9-11-4-5-16-17(6-11)26-10-25-16/h1-7,14-15H,8-10H2,(H,21,23)(H,22,24). The maximum Gasteiger partial charge on any atom is 0.231 e. The van der Waals surface area contributed by atoms with Crippen LogP contribution in [0.1, 0.15) is 12.0 Å². The van der Waals surface area contributed by atoms with Gasteiger partial charge >= 0.3 is 0 Å². The molecule has 1 aliphatic carbocycles. The first-order chi connectivity index (χ1) is 12.6. The number of carbonyl (C=O) groups is 2. The van der Waals surface area contributed by atoms with Crippen molar-refractivity contribution in [1.29, 1.82) is 0 Å². The van der Waals surface area contributed by atoms with Crippen LogP contribution in [0.3, 0.4) is 0 Å². The molecule has 2 aliphatic rings. The summed E-state index contributed by atoms with van der Waals surface area (Å²) in [4.78, 5) is 24.5. The van der Waals surface area contributed by atoms with Crippen LogP contribution in [-0.2, 0) is 16.1 Å². The molecule has 7 heteroatoms. The molecular weight excluding hydrogens is 356 g/mol. The van der Waals surface area contributed by atoms with Crippen molar-refractivity contribution in [3.63, 3.8) is 0 Å². The third-order valence-electron chi connectivity index (χ3n) is 4.46. The molecule has 0 aromatic heterocycles. The molecule has 6 nitrogen and oxygen atoms in total. The van der Waals surface area contributed by atoms with Gasteiger partial charge < -0.3 is 20.1 Å². The van der Waals surface area contributed by atoms with Gasteiger partial charge in [-0.25, -0.2) is 0 Å². The van der Waals surface area contributed by atoms with Crippen LogP contribution in [0.15, 0.2) is 42.5 Å². The zero-order valence-corrected chi connectivity index (χ0v) is 14.6. The van der Waals surface area contributed by atoms with Crippen molar-refractivity contribution in [2.75, 3.05) is 12.1 Å². The lowest BCUT2D eigenvalue weighted by Crippen LogP contribution is -2.27. The minimum Gasteiger partial charge on any atom is -0.454 e. The van der Waals surface area contributed by atoms with E-state index in [2.05, 4.69) is 10.6 Å². The Kier molecular flexibility index (Phi) is 4.42. The summed E-state index contributed by atoms with van der Waals surface area (Å²) in [6.07, 6.45) is 0.555. The molecular formula is C19H17ClN2O4. The third kappa shape index (κ3) is 3.60. The summed E-state index contributed by atoms with van der Waals surface area (Å²) < 4.78 is 10.6. The van der Waals surface area contributed by atoms with Gasteiger partial charge in [0.05, 0.1) is 11.8 Å². The molecule has 1 heterocycles. The second kappa shape index (κ2) is 6.88. The SMILES string of the molecule is O=C(NCc1ccc2c(c1)OCO2)C1CC1C(=O)Nc1cccc(Cl)c1. The average Bonchev–Trinajstić information content (AvgIpc) is 3.30. The molecule has 1 fully saturated rings. The lowest BCUT2D eigenvalue weighted by Gasteiger charge is -2.07. The number of amides is 2. The summed E-state index contributed by atoms with van der Waals surface area (Å²) in [5.74, 6) is 0.528. The van der Waals surface area contributed by atoms with Gasteiger partial charge in [0.25, 0.3) is 0 Å². The van der Waals surface area contributed by atoms with E-state index in [0.29, 0.717) is 35.2 Å². The van der Waals surface area contributed by atoms with Crippen LogP contribution in [-0.4, -0.2) is 18.6 Å². The molecule has 2 unspecified atom stereocenters. The van der Waals surface area contributed by atoms with Crippen LogP contribution in [0.4, 0.5) is 5.69 Å². The van der Waals surface area contributed by atoms with Crippen molar-refractivity contribution < 1.29 is 19.1 Å². The van der Waals surface area contributed by atoms with Crippen molar-refractivity contribution in [1.82, 2.24) is 5.32 Å². The minimum absolute atomic E-state index is 0.117. The molecule has 0 spiro atoms. The minimum atomic E-state index is -0.300. The summed E-state index contributed by atoms with van der Waals surface area (Å²) in [5.41, 5.74) is 1.55. The van der Waals surface area contributed by atoms with Crippen molar-refractivity contribution in [3.8, 4) is 11.5 Å². The Morgan fingerprint density at radius 1 is 1.04 bits per heavy atom. The fraction of sp³-hybridized carbons (Fsp3) is 0.263. The van der Waals surface area contributed by atoms with Crippen LogP contribution in [0.2, 0.25) is 5.02 Å². The van der Waals surface area contributed by atoms with Gasteiger partial charge in [-0.2, -0.15) is 0 Å². The van der Waals surface area contributed by atoms with Crippen LogP contribution < -0.4 is 20.1 Å². The molecule has 0 bridgehead atoms. The smallest absolute Gasteiger partial charge is 0.231 e. The highest BCUT2D eigenvalue weighted by molar-refractivity contribution is 6.30. The van der Waals surface area contributed by atoms with Gasteiger partial charge in [0.1, 0.15) is 0 Å². The number of benzene rings is 2. The van der Waals surface area contributed by atoms with Crippen LogP contribution in [0.25, 0.3) is 0 Å². The molecule has 2 amide bonds. The Hall–Kier alpha value is -2.73. The molecule has 2 aromatic carbocycles. The van der Waals surface area contributed by atoms with Crippen molar-refractivity contribution >= 4 is 29.1 Å². The Labute approximate surface area is 155 Å². The van der Waals surface area contributed by atoms with Gasteiger partial charge in [-0.05, 0) is 42.3 Å². The summed E-state index contributed by atoms with van der Waals surface area (Å²) in [6, 6.07) is 12.5. The van der Waals surface area contributed by atoms with E-state index in [0.717, 1.165) is 5.56 Å². The van der Waals surface area contributed by atoms with Crippen molar-refractivity contribution in [2.45, 2.75) is 13.0 Å². The highest BCUT2D eigenvalue weighted by Crippen LogP contribution is 2.40. The third-order valence-corrected chi connectivity index (χ3v) is 4.69. The number of rotatable bonds is 5. The number of anilines is 1. The van der Waals surface area contributed by atoms with Crippen LogP contribution in [0, 0.1) is 11.8 Å². The fourth-order valence-electron chi connectivity index (χ4n) is 2.95. The Morgan fingerprint density at radius 2 is 1.85 bits per heavy atom. The monoisotopic (exact) mass is 372 g/mol. The molecule has 1 aliphatic heterocycles. The van der Waals surface area contributed by atoms with E-state index in [-0.39, 0.29) is 30.4 Å². The fourth-order valence-corrected chi connectivity index (χ4v) is 3.14. The molecule has 4 rings (SSSR count). The number of carbonyl (C=O) groups excluding carboxylic acids is 2. The summed E-state index contributed by atoms with van der Waals surface area (Å²) in [7, 11) is 0. The molecule has 2 atom stereocenters. The lowest BCUT2D eigenvalue weighted by molar-refractivity contribution is -0.125. The van der Waals surface area contributed by atoms with Crippen LogP contribution >= 0.6 is 11.6 Å². The summed E-state index contributed by atoms with van der Waals surface area (Å²) in [5, 5.41) is 6.22. The van der Waals surface area contributed by atoms with E-state index in [1.54, 1.807) is 24.3 Å². The van der Waals surface area contributed by atoms with Gasteiger partial charge in [-0.3, -0.25) is 9.59 Å². The molecule has 1 saturated carbocycles. The number of nitrogens with one attached hydrogen (secondary N) is 2. The predicted octanol–water partition coefficient (Wildman–Crippen LogP) is 2.96. The molecule has 134 valence electrons. The van der Waals surface area contributed by atoms with Gasteiger partial charge in [-0.1, -0.05) is 23.7 Å². The first kappa shape index (κ1) is 16.7. The highest BCUT2D eigenvalue weighted by Gasteiger charge is 2.47. The Bertz CT molecular complexity index is 870. The van der Waals surface area contributed by atoms with E-state index in [1.165, 1.54) is 0 Å². The quantitative estimate of drug-likeness (QED) is 0.846. The molecule has 2 aromatic rings. The van der Waals surface area contributed by atoms with Crippen LogP contribution in [0.5, 0.6) is 11.5 Å². The van der Waals surface area contributed by atoms with E-state index < -0.39 is 0 Å². The zero-order valence-electron chi connectivity index (χ0n) is 13.8. The zero-order chi connectivity index (χ0) is 18.1. The lowest BCUT2D eigenvalue weighted by atomic mass is 10.2. The van der Waals surface area contributed by atoms with E-state index in [4.69, 9.17) is 21.1 Å². The van der Waals surface area contributed by atoms with Gasteiger partial charge in [0.15, 0.2) is 11.5 Å². The largest absolute Gasteiger partial charge is 0.454 e. The van der Waals surface area contributed by atoms with Crippen molar-refractivity contribution in [2.24, 2.45) is 11.8 Å². The molecule has 26 heavy (non-hydrogen) atoms. The molecule has 0 radical (unpaired) electrons. The number of hydrogen-bond donors (Lipinski definition) is 2. The van der Waals surface area contributed by atoms with E-state index in [1.807, 2.05) is 18.2 Å². The maximum absolute atomic E-state index is 12.3. The van der Waals surface area contributed by atoms with E-state index in [9.17, 15) is 9.59 Å². The van der Waals surface area contributed by atoms with Gasteiger partial charge in [0, 0.05) is 17.3 Å². The Balaban J connectivity index is 1.28. The summed E-state index contributed by atoms with van der Waals surface area (Å²) in [6.45, 7) is 0.602. The first-order valence-corrected chi connectivity index (χ1v) is 8.70. The number of hydrogen-bond acceptors (Lipinski definition) is 4. The molecule has 2 N–H and O–H groups in total. The number of halogens is 1. The summed E-state index contributed by atoms with van der Waals surface area (Å²) >= 11 is 5.91. The normalized spacial score (nSPS) is 19.7. The highest BCUT2D eigenvalue weighted by atomic mass is 35.5. The topological polar surface area (TPSA) is 76.7 Å². The maximum atomic E-state index is 12.3. The first-order valence-electron chi connectivity index (χ1n) is 8.33. The molecule has 0 saturated heterocycles. The van der Waals surface area contributed by atoms with Crippen molar-refractivity contribution in [3.05, 3.63) is 53.1 Å². The number of fused-ring (bicyclic) bond motifs is 1. The Morgan fingerprint density at radius 3 is 2.69 bits per heavy atom.